The molecule has 8 atom stereocenters. The monoisotopic (exact) mass is 378 g/mol. The molecule has 148 valence electrons. The van der Waals surface area contributed by atoms with Gasteiger partial charge in [-0.1, -0.05) is 18.6 Å². The predicted octanol–water partition coefficient (Wildman–Crippen LogP) is 2.00. The van der Waals surface area contributed by atoms with Crippen LogP contribution in [0.4, 0.5) is 0 Å². The number of aliphatic carboxylic acids is 3. The SMILES string of the molecule is C=C1CC23CC1C(O)CC2C1(C(=O)O)CCCC(C)(C(=O)O)C1C3C(=O)O. The van der Waals surface area contributed by atoms with Crippen LogP contribution >= 0.6 is 0 Å². The minimum absolute atomic E-state index is 0.200. The highest BCUT2D eigenvalue weighted by Gasteiger charge is 2.79. The third-order valence-electron chi connectivity index (χ3n) is 8.57. The molecule has 0 saturated heterocycles. The van der Waals surface area contributed by atoms with Gasteiger partial charge in [0, 0.05) is 11.8 Å². The first-order valence-electron chi connectivity index (χ1n) is 9.57. The number of carboxylic acids is 3. The second-order valence-electron chi connectivity index (χ2n) is 9.45. The molecule has 8 unspecified atom stereocenters. The van der Waals surface area contributed by atoms with E-state index in [9.17, 15) is 34.8 Å². The van der Waals surface area contributed by atoms with Crippen LogP contribution < -0.4 is 0 Å². The summed E-state index contributed by atoms with van der Waals surface area (Å²) in [5, 5.41) is 41.2. The molecule has 0 aliphatic heterocycles. The number of hydrogen-bond donors (Lipinski definition) is 4. The molecule has 7 nitrogen and oxygen atoms in total. The highest BCUT2D eigenvalue weighted by Crippen LogP contribution is 2.77. The summed E-state index contributed by atoms with van der Waals surface area (Å²) in [5.74, 6) is -6.22. The molecule has 2 bridgehead atoms. The third kappa shape index (κ3) is 1.93. The predicted molar refractivity (Wildman–Crippen MR) is 92.7 cm³/mol. The first-order valence-corrected chi connectivity index (χ1v) is 9.57. The number of aliphatic hydroxyl groups excluding tert-OH is 1. The van der Waals surface area contributed by atoms with Crippen LogP contribution in [0, 0.1) is 39.9 Å². The van der Waals surface area contributed by atoms with Gasteiger partial charge >= 0.3 is 17.9 Å². The maximum atomic E-state index is 12.7. The molecule has 0 aromatic rings. The Morgan fingerprint density at radius 3 is 2.33 bits per heavy atom. The summed E-state index contributed by atoms with van der Waals surface area (Å²) in [6.45, 7) is 5.55. The van der Waals surface area contributed by atoms with E-state index in [-0.39, 0.29) is 25.2 Å². The number of hydrogen-bond acceptors (Lipinski definition) is 4. The second kappa shape index (κ2) is 5.34. The van der Waals surface area contributed by atoms with Crippen molar-refractivity contribution >= 4 is 17.9 Å². The van der Waals surface area contributed by atoms with Crippen molar-refractivity contribution in [2.45, 2.75) is 51.6 Å². The minimum atomic E-state index is -1.44. The van der Waals surface area contributed by atoms with Crippen molar-refractivity contribution in [3.05, 3.63) is 12.2 Å². The van der Waals surface area contributed by atoms with E-state index in [0.29, 0.717) is 19.3 Å². The molecule has 0 amide bonds. The van der Waals surface area contributed by atoms with E-state index in [2.05, 4.69) is 6.58 Å². The third-order valence-corrected chi connectivity index (χ3v) is 8.57. The fourth-order valence-electron chi connectivity index (χ4n) is 7.70. The van der Waals surface area contributed by atoms with Gasteiger partial charge in [-0.3, -0.25) is 14.4 Å². The van der Waals surface area contributed by atoms with Crippen molar-refractivity contribution < 1.29 is 34.8 Å². The Hall–Kier alpha value is -1.89. The van der Waals surface area contributed by atoms with E-state index < -0.39 is 58.0 Å². The molecule has 27 heavy (non-hydrogen) atoms. The molecule has 4 rings (SSSR count). The van der Waals surface area contributed by atoms with Crippen LogP contribution in [-0.4, -0.2) is 44.4 Å². The van der Waals surface area contributed by atoms with E-state index in [1.54, 1.807) is 0 Å². The fourth-order valence-corrected chi connectivity index (χ4v) is 7.70. The van der Waals surface area contributed by atoms with Gasteiger partial charge in [0.2, 0.25) is 0 Å². The van der Waals surface area contributed by atoms with Gasteiger partial charge in [-0.25, -0.2) is 0 Å². The van der Waals surface area contributed by atoms with Gasteiger partial charge in [-0.2, -0.15) is 0 Å². The number of fused-ring (bicyclic) bond motifs is 3. The molecule has 7 heteroatoms. The zero-order valence-electron chi connectivity index (χ0n) is 15.4. The van der Waals surface area contributed by atoms with E-state index in [1.165, 1.54) is 6.92 Å². The normalized spacial score (nSPS) is 50.7. The highest BCUT2D eigenvalue weighted by molar-refractivity contribution is 5.86. The summed E-state index contributed by atoms with van der Waals surface area (Å²) in [6.07, 6.45) is 1.14. The second-order valence-corrected chi connectivity index (χ2v) is 9.45. The van der Waals surface area contributed by atoms with Crippen LogP contribution in [0.15, 0.2) is 12.2 Å². The van der Waals surface area contributed by atoms with Gasteiger partial charge in [-0.05, 0) is 50.4 Å². The van der Waals surface area contributed by atoms with Gasteiger partial charge < -0.3 is 20.4 Å². The van der Waals surface area contributed by atoms with Crippen molar-refractivity contribution in [2.24, 2.45) is 39.9 Å². The maximum absolute atomic E-state index is 12.7. The molecule has 0 radical (unpaired) electrons. The Bertz CT molecular complexity index is 759. The summed E-state index contributed by atoms with van der Waals surface area (Å²) < 4.78 is 0. The molecule has 4 N–H and O–H groups in total. The molecular weight excluding hydrogens is 352 g/mol. The molecule has 4 fully saturated rings. The van der Waals surface area contributed by atoms with Gasteiger partial charge in [0.25, 0.3) is 0 Å². The fraction of sp³-hybridized carbons (Fsp3) is 0.750. The van der Waals surface area contributed by atoms with Crippen LogP contribution in [0.2, 0.25) is 0 Å². The van der Waals surface area contributed by atoms with E-state index in [4.69, 9.17) is 0 Å². The topological polar surface area (TPSA) is 132 Å². The van der Waals surface area contributed by atoms with Crippen molar-refractivity contribution in [1.82, 2.24) is 0 Å². The Labute approximate surface area is 157 Å². The Morgan fingerprint density at radius 1 is 1.11 bits per heavy atom. The lowest BCUT2D eigenvalue weighted by Gasteiger charge is -2.49. The zero-order valence-corrected chi connectivity index (χ0v) is 15.4. The van der Waals surface area contributed by atoms with Crippen molar-refractivity contribution in [3.63, 3.8) is 0 Å². The summed E-state index contributed by atoms with van der Waals surface area (Å²) in [5.41, 5.74) is -2.93. The standard InChI is InChI=1S/C20H26O7/c1-9-7-19-8-10(9)11(21)6-12(19)20(17(26)27)5-3-4-18(2,16(24)25)14(20)13(19)15(22)23/h10-14,21H,1,3-8H2,2H3,(H,22,23)(H,24,25)(H,26,27). The molecule has 4 aliphatic carbocycles. The van der Waals surface area contributed by atoms with Crippen LogP contribution in [0.1, 0.15) is 45.4 Å². The van der Waals surface area contributed by atoms with Crippen molar-refractivity contribution in [1.29, 1.82) is 0 Å². The quantitative estimate of drug-likeness (QED) is 0.552. The molecule has 4 saturated carbocycles. The molecular formula is C20H26O7. The first kappa shape index (κ1) is 18.5. The Balaban J connectivity index is 2.01. The average Bonchev–Trinajstić information content (AvgIpc) is 3.00. The number of aliphatic hydroxyl groups is 1. The summed E-state index contributed by atoms with van der Waals surface area (Å²) in [7, 11) is 0. The van der Waals surface area contributed by atoms with Crippen LogP contribution in [0.5, 0.6) is 0 Å². The van der Waals surface area contributed by atoms with Crippen LogP contribution in [-0.2, 0) is 14.4 Å². The highest BCUT2D eigenvalue weighted by atomic mass is 16.4. The van der Waals surface area contributed by atoms with Gasteiger partial charge in [0.1, 0.15) is 0 Å². The van der Waals surface area contributed by atoms with Crippen LogP contribution in [0.3, 0.4) is 0 Å². The van der Waals surface area contributed by atoms with Gasteiger partial charge in [-0.15, -0.1) is 0 Å². The first-order chi connectivity index (χ1) is 12.5. The molecule has 0 heterocycles. The molecule has 1 spiro atoms. The molecule has 0 aromatic carbocycles. The van der Waals surface area contributed by atoms with Crippen LogP contribution in [0.25, 0.3) is 0 Å². The average molecular weight is 378 g/mol. The summed E-state index contributed by atoms with van der Waals surface area (Å²) in [6, 6.07) is 0. The smallest absolute Gasteiger partial charge is 0.310 e. The Morgan fingerprint density at radius 2 is 1.78 bits per heavy atom. The summed E-state index contributed by atoms with van der Waals surface area (Å²) in [4.78, 5) is 37.4. The van der Waals surface area contributed by atoms with Gasteiger partial charge in [0.05, 0.1) is 22.9 Å². The molecule has 4 aliphatic rings. The summed E-state index contributed by atoms with van der Waals surface area (Å²) >= 11 is 0. The zero-order chi connectivity index (χ0) is 19.9. The number of rotatable bonds is 3. The lowest BCUT2D eigenvalue weighted by atomic mass is 9.52. The van der Waals surface area contributed by atoms with E-state index in [1.807, 2.05) is 0 Å². The maximum Gasteiger partial charge on any atom is 0.310 e. The van der Waals surface area contributed by atoms with Crippen molar-refractivity contribution in [2.75, 3.05) is 0 Å². The largest absolute Gasteiger partial charge is 0.481 e. The minimum Gasteiger partial charge on any atom is -0.481 e. The lowest BCUT2D eigenvalue weighted by molar-refractivity contribution is -0.177. The van der Waals surface area contributed by atoms with E-state index >= 15 is 0 Å². The Kier molecular flexibility index (Phi) is 3.65. The van der Waals surface area contributed by atoms with E-state index in [0.717, 1.165) is 5.57 Å². The van der Waals surface area contributed by atoms with Gasteiger partial charge in [0.15, 0.2) is 0 Å². The number of carboxylic acid groups (broad SMARTS) is 3. The number of carbonyl (C=O) groups is 3. The lowest BCUT2D eigenvalue weighted by Crippen LogP contribution is -2.55. The molecule has 0 aromatic heterocycles. The van der Waals surface area contributed by atoms with Crippen molar-refractivity contribution in [3.8, 4) is 0 Å².